The molecule has 43 heavy (non-hydrogen) atoms. The average molecular weight is 613 g/mol. The van der Waals surface area contributed by atoms with Gasteiger partial charge in [0.15, 0.2) is 5.13 Å². The topological polar surface area (TPSA) is 76.2 Å². The minimum Gasteiger partial charge on any atom is -0.497 e. The van der Waals surface area contributed by atoms with Crippen LogP contribution in [0.1, 0.15) is 21.5 Å². The number of anilines is 1. The van der Waals surface area contributed by atoms with Gasteiger partial charge in [-0.3, -0.25) is 4.79 Å². The molecule has 226 valence electrons. The van der Waals surface area contributed by atoms with Crippen molar-refractivity contribution in [1.29, 1.82) is 0 Å². The lowest BCUT2D eigenvalue weighted by molar-refractivity contribution is -0.274. The van der Waals surface area contributed by atoms with Crippen LogP contribution in [-0.2, 0) is 13.1 Å². The molecule has 1 aliphatic rings. The van der Waals surface area contributed by atoms with Crippen LogP contribution in [0.25, 0.3) is 11.3 Å². The number of carbonyl (C=O) groups excluding carboxylic acids is 1. The fourth-order valence-corrected chi connectivity index (χ4v) is 5.65. The third-order valence-electron chi connectivity index (χ3n) is 6.93. The number of hydrogen-bond acceptors (Lipinski definition) is 8. The number of benzene rings is 3. The highest BCUT2D eigenvalue weighted by Gasteiger charge is 2.31. The highest BCUT2D eigenvalue weighted by atomic mass is 32.1. The highest BCUT2D eigenvalue weighted by molar-refractivity contribution is 7.14. The number of alkyl halides is 3. The van der Waals surface area contributed by atoms with Crippen LogP contribution in [-0.4, -0.2) is 62.6 Å². The Hall–Kier alpha value is -4.29. The predicted molar refractivity (Wildman–Crippen MR) is 159 cm³/mol. The number of amides is 1. The molecular formula is C31H31F3N4O4S. The molecule has 0 saturated carbocycles. The number of nitrogens with zero attached hydrogens (tertiary/aromatic N) is 3. The zero-order valence-corrected chi connectivity index (χ0v) is 24.5. The first-order valence-electron chi connectivity index (χ1n) is 13.6. The van der Waals surface area contributed by atoms with Gasteiger partial charge in [-0.2, -0.15) is 0 Å². The largest absolute Gasteiger partial charge is 0.573 e. The molecule has 4 aromatic rings. The van der Waals surface area contributed by atoms with Gasteiger partial charge in [0.05, 0.1) is 19.9 Å². The third kappa shape index (κ3) is 7.76. The Morgan fingerprint density at radius 1 is 0.953 bits per heavy atom. The summed E-state index contributed by atoms with van der Waals surface area (Å²) in [5.41, 5.74) is 3.56. The zero-order chi connectivity index (χ0) is 30.4. The van der Waals surface area contributed by atoms with Gasteiger partial charge in [-0.25, -0.2) is 4.98 Å². The molecular weight excluding hydrogens is 581 g/mol. The molecule has 3 aromatic carbocycles. The summed E-state index contributed by atoms with van der Waals surface area (Å²) in [6.45, 7) is 3.52. The molecule has 0 atom stereocenters. The lowest BCUT2D eigenvalue weighted by atomic mass is 10.1. The van der Waals surface area contributed by atoms with Crippen molar-refractivity contribution < 1.29 is 32.2 Å². The number of carbonyl (C=O) groups is 1. The summed E-state index contributed by atoms with van der Waals surface area (Å²) in [4.78, 5) is 21.6. The van der Waals surface area contributed by atoms with E-state index in [1.54, 1.807) is 32.4 Å². The Labute approximate surface area is 251 Å². The normalized spacial score (nSPS) is 13.5. The van der Waals surface area contributed by atoms with Crippen LogP contribution < -0.4 is 24.4 Å². The molecule has 0 unspecified atom stereocenters. The monoisotopic (exact) mass is 612 g/mol. The van der Waals surface area contributed by atoms with Gasteiger partial charge >= 0.3 is 6.36 Å². The molecule has 1 aliphatic heterocycles. The molecule has 12 heteroatoms. The average Bonchev–Trinajstić information content (AvgIpc) is 3.50. The van der Waals surface area contributed by atoms with E-state index in [0.29, 0.717) is 53.1 Å². The standard InChI is InChI=1S/C31H31F3N4O4S/c1-40-24-10-11-28(41-2)26(17-24)27-20-43-30(36-27)38(19-22-4-3-5-25(16-22)42-31(32,33)34)18-21-6-8-23(9-7-21)29(39)37-14-12-35-13-15-37/h3-11,16-17,20,35H,12-15,18-19H2,1-2H3. The van der Waals surface area contributed by atoms with E-state index in [2.05, 4.69) is 10.1 Å². The van der Waals surface area contributed by atoms with Crippen molar-refractivity contribution >= 4 is 22.4 Å². The number of rotatable bonds is 10. The molecule has 8 nitrogen and oxygen atoms in total. The minimum absolute atomic E-state index is 0.0109. The van der Waals surface area contributed by atoms with E-state index in [4.69, 9.17) is 14.5 Å². The second-order valence-electron chi connectivity index (χ2n) is 9.87. The number of hydrogen-bond donors (Lipinski definition) is 1. The fraction of sp³-hybridized carbons (Fsp3) is 0.290. The van der Waals surface area contributed by atoms with E-state index in [1.807, 2.05) is 45.5 Å². The van der Waals surface area contributed by atoms with E-state index < -0.39 is 6.36 Å². The second-order valence-corrected chi connectivity index (χ2v) is 10.7. The van der Waals surface area contributed by atoms with Gasteiger partial charge in [0, 0.05) is 55.8 Å². The first-order valence-corrected chi connectivity index (χ1v) is 14.5. The van der Waals surface area contributed by atoms with Crippen molar-refractivity contribution in [1.82, 2.24) is 15.2 Å². The Morgan fingerprint density at radius 2 is 1.70 bits per heavy atom. The maximum atomic E-state index is 12.9. The van der Waals surface area contributed by atoms with Crippen LogP contribution in [0, 0.1) is 0 Å². The molecule has 1 amide bonds. The van der Waals surface area contributed by atoms with E-state index in [1.165, 1.54) is 29.5 Å². The molecule has 1 saturated heterocycles. The van der Waals surface area contributed by atoms with Crippen LogP contribution in [0.2, 0.25) is 0 Å². The maximum absolute atomic E-state index is 12.9. The van der Waals surface area contributed by atoms with Crippen LogP contribution in [0.4, 0.5) is 18.3 Å². The molecule has 2 heterocycles. The summed E-state index contributed by atoms with van der Waals surface area (Å²) >= 11 is 1.41. The second kappa shape index (κ2) is 13.3. The van der Waals surface area contributed by atoms with Crippen molar-refractivity contribution in [2.45, 2.75) is 19.5 Å². The third-order valence-corrected chi connectivity index (χ3v) is 7.83. The van der Waals surface area contributed by atoms with Crippen molar-refractivity contribution in [2.24, 2.45) is 0 Å². The number of ether oxygens (including phenoxy) is 3. The van der Waals surface area contributed by atoms with Gasteiger partial charge in [-0.15, -0.1) is 24.5 Å². The number of halogens is 3. The van der Waals surface area contributed by atoms with E-state index in [0.717, 1.165) is 24.2 Å². The summed E-state index contributed by atoms with van der Waals surface area (Å²) in [7, 11) is 3.16. The Kier molecular flexibility index (Phi) is 9.37. The molecule has 1 fully saturated rings. The van der Waals surface area contributed by atoms with Crippen LogP contribution in [0.15, 0.2) is 72.1 Å². The summed E-state index contributed by atoms with van der Waals surface area (Å²) < 4.78 is 53.7. The van der Waals surface area contributed by atoms with Crippen LogP contribution in [0.5, 0.6) is 17.2 Å². The predicted octanol–water partition coefficient (Wildman–Crippen LogP) is 5.98. The number of methoxy groups -OCH3 is 2. The Morgan fingerprint density at radius 3 is 2.40 bits per heavy atom. The zero-order valence-electron chi connectivity index (χ0n) is 23.7. The molecule has 0 aliphatic carbocycles. The van der Waals surface area contributed by atoms with Gasteiger partial charge in [0.2, 0.25) is 0 Å². The molecule has 0 bridgehead atoms. The number of piperazine rings is 1. The van der Waals surface area contributed by atoms with Gasteiger partial charge < -0.3 is 29.3 Å². The maximum Gasteiger partial charge on any atom is 0.573 e. The summed E-state index contributed by atoms with van der Waals surface area (Å²) in [6, 6.07) is 18.8. The molecule has 1 N–H and O–H groups in total. The number of aromatic nitrogens is 1. The van der Waals surface area contributed by atoms with Crippen LogP contribution in [0.3, 0.4) is 0 Å². The first kappa shape index (κ1) is 30.2. The van der Waals surface area contributed by atoms with Crippen LogP contribution >= 0.6 is 11.3 Å². The SMILES string of the molecule is COc1ccc(OC)c(-c2csc(N(Cc3ccc(C(=O)N4CCNCC4)cc3)Cc3cccc(OC(F)(F)F)c3)n2)c1. The van der Waals surface area contributed by atoms with Gasteiger partial charge in [0.1, 0.15) is 17.2 Å². The van der Waals surface area contributed by atoms with Gasteiger partial charge in [-0.05, 0) is 53.6 Å². The van der Waals surface area contributed by atoms with Crippen molar-refractivity contribution in [3.8, 4) is 28.5 Å². The minimum atomic E-state index is -4.79. The first-order chi connectivity index (χ1) is 20.7. The van der Waals surface area contributed by atoms with Crippen molar-refractivity contribution in [3.05, 3.63) is 88.8 Å². The Balaban J connectivity index is 1.43. The van der Waals surface area contributed by atoms with E-state index >= 15 is 0 Å². The Bertz CT molecular complexity index is 1540. The summed E-state index contributed by atoms with van der Waals surface area (Å²) in [5, 5.41) is 5.80. The quantitative estimate of drug-likeness (QED) is 0.236. The van der Waals surface area contributed by atoms with Crippen molar-refractivity contribution in [2.75, 3.05) is 45.3 Å². The highest BCUT2D eigenvalue weighted by Crippen LogP contribution is 2.37. The molecule has 0 radical (unpaired) electrons. The molecule has 5 rings (SSSR count). The summed E-state index contributed by atoms with van der Waals surface area (Å²) in [5.74, 6) is 0.981. The van der Waals surface area contributed by atoms with Gasteiger partial charge in [0.25, 0.3) is 5.91 Å². The number of nitrogens with one attached hydrogen (secondary N) is 1. The van der Waals surface area contributed by atoms with Gasteiger partial charge in [-0.1, -0.05) is 24.3 Å². The smallest absolute Gasteiger partial charge is 0.497 e. The fourth-order valence-electron chi connectivity index (χ4n) is 4.82. The lowest BCUT2D eigenvalue weighted by Gasteiger charge is -2.27. The molecule has 0 spiro atoms. The lowest BCUT2D eigenvalue weighted by Crippen LogP contribution is -2.46. The number of thiazole rings is 1. The molecule has 1 aromatic heterocycles. The van der Waals surface area contributed by atoms with E-state index in [-0.39, 0.29) is 18.2 Å². The van der Waals surface area contributed by atoms with E-state index in [9.17, 15) is 18.0 Å². The summed E-state index contributed by atoms with van der Waals surface area (Å²) in [6.07, 6.45) is -4.79. The van der Waals surface area contributed by atoms with Crippen molar-refractivity contribution in [3.63, 3.8) is 0 Å².